The van der Waals surface area contributed by atoms with Crippen LogP contribution in [0.3, 0.4) is 0 Å². The standard InChI is InChI=1S/C19H13F5N4O/c20-11-2-7-14-15(10-11)28(17(26-14)16(21)22)19-25-8-1-9-27(19)12-3-5-13(6-4-12)29-18(23)24/h1-10,16,18-19H. The Labute approximate surface area is 161 Å². The summed E-state index contributed by atoms with van der Waals surface area (Å²) >= 11 is 0. The molecule has 0 aliphatic carbocycles. The highest BCUT2D eigenvalue weighted by Gasteiger charge is 2.28. The van der Waals surface area contributed by atoms with Crippen LogP contribution in [0.1, 0.15) is 18.5 Å². The number of hydrogen-bond acceptors (Lipinski definition) is 4. The summed E-state index contributed by atoms with van der Waals surface area (Å²) in [6.45, 7) is -2.96. The molecule has 1 aliphatic heterocycles. The maximum absolute atomic E-state index is 13.8. The fourth-order valence-electron chi connectivity index (χ4n) is 3.10. The summed E-state index contributed by atoms with van der Waals surface area (Å²) in [7, 11) is 0. The predicted octanol–water partition coefficient (Wildman–Crippen LogP) is 5.28. The summed E-state index contributed by atoms with van der Waals surface area (Å²) in [5, 5.41) is 0. The van der Waals surface area contributed by atoms with E-state index in [1.165, 1.54) is 41.4 Å². The molecule has 2 heterocycles. The van der Waals surface area contributed by atoms with Crippen molar-refractivity contribution in [1.82, 2.24) is 9.55 Å². The van der Waals surface area contributed by atoms with Crippen molar-refractivity contribution < 1.29 is 26.7 Å². The summed E-state index contributed by atoms with van der Waals surface area (Å²) in [5.41, 5.74) is 0.829. The third-order valence-corrected chi connectivity index (χ3v) is 4.27. The highest BCUT2D eigenvalue weighted by atomic mass is 19.3. The third-order valence-electron chi connectivity index (χ3n) is 4.27. The number of hydrogen-bond donors (Lipinski definition) is 0. The molecule has 1 atom stereocenters. The van der Waals surface area contributed by atoms with Crippen molar-refractivity contribution in [3.63, 3.8) is 0 Å². The van der Waals surface area contributed by atoms with E-state index in [2.05, 4.69) is 14.7 Å². The van der Waals surface area contributed by atoms with Crippen molar-refractivity contribution >= 4 is 22.9 Å². The Morgan fingerprint density at radius 2 is 1.76 bits per heavy atom. The van der Waals surface area contributed by atoms with Crippen molar-refractivity contribution in [2.24, 2.45) is 4.99 Å². The number of nitrogens with zero attached hydrogens (tertiary/aromatic N) is 4. The van der Waals surface area contributed by atoms with Crippen molar-refractivity contribution in [1.29, 1.82) is 0 Å². The monoisotopic (exact) mass is 408 g/mol. The number of aliphatic imine (C=N–C) groups is 1. The fraction of sp³-hybridized carbons (Fsp3) is 0.158. The zero-order valence-electron chi connectivity index (χ0n) is 14.6. The third kappa shape index (κ3) is 3.65. The molecule has 0 fully saturated rings. The van der Waals surface area contributed by atoms with Crippen LogP contribution in [0.15, 0.2) is 59.7 Å². The van der Waals surface area contributed by atoms with Gasteiger partial charge in [0.05, 0.1) is 11.0 Å². The smallest absolute Gasteiger partial charge is 0.387 e. The van der Waals surface area contributed by atoms with E-state index in [9.17, 15) is 22.0 Å². The lowest BCUT2D eigenvalue weighted by atomic mass is 10.2. The topological polar surface area (TPSA) is 42.7 Å². The van der Waals surface area contributed by atoms with Crippen LogP contribution in [-0.4, -0.2) is 22.4 Å². The molecular weight excluding hydrogens is 395 g/mol. The summed E-state index contributed by atoms with van der Waals surface area (Å²) < 4.78 is 71.3. The van der Waals surface area contributed by atoms with E-state index in [1.54, 1.807) is 12.3 Å². The van der Waals surface area contributed by atoms with Gasteiger partial charge in [-0.25, -0.2) is 23.1 Å². The van der Waals surface area contributed by atoms with Crippen LogP contribution in [0.4, 0.5) is 27.6 Å². The highest BCUT2D eigenvalue weighted by molar-refractivity contribution is 5.78. The van der Waals surface area contributed by atoms with Crippen LogP contribution in [0, 0.1) is 5.82 Å². The molecule has 4 rings (SSSR count). The first-order valence-corrected chi connectivity index (χ1v) is 8.43. The Kier molecular flexibility index (Phi) is 4.91. The van der Waals surface area contributed by atoms with Gasteiger partial charge >= 0.3 is 6.61 Å². The van der Waals surface area contributed by atoms with Crippen molar-refractivity contribution in [2.75, 3.05) is 4.90 Å². The normalized spacial score (nSPS) is 16.4. The minimum Gasteiger partial charge on any atom is -0.435 e. The van der Waals surface area contributed by atoms with Crippen LogP contribution >= 0.6 is 0 Å². The number of aromatic nitrogens is 2. The van der Waals surface area contributed by atoms with Gasteiger partial charge in [-0.15, -0.1) is 0 Å². The number of rotatable bonds is 5. The maximum atomic E-state index is 13.8. The zero-order valence-corrected chi connectivity index (χ0v) is 14.6. The number of fused-ring (bicyclic) bond motifs is 1. The Balaban J connectivity index is 1.79. The van der Waals surface area contributed by atoms with Crippen molar-refractivity contribution in [3.8, 4) is 5.75 Å². The minimum absolute atomic E-state index is 0.0480. The molecule has 0 saturated heterocycles. The number of anilines is 1. The molecule has 0 amide bonds. The second kappa shape index (κ2) is 7.53. The van der Waals surface area contributed by atoms with E-state index in [4.69, 9.17) is 0 Å². The van der Waals surface area contributed by atoms with E-state index in [0.29, 0.717) is 5.69 Å². The van der Waals surface area contributed by atoms with Crippen LogP contribution in [0.25, 0.3) is 11.0 Å². The quantitative estimate of drug-likeness (QED) is 0.540. The molecule has 10 heteroatoms. The molecule has 150 valence electrons. The van der Waals surface area contributed by atoms with E-state index >= 15 is 0 Å². The number of ether oxygens (including phenoxy) is 1. The first-order valence-electron chi connectivity index (χ1n) is 8.43. The van der Waals surface area contributed by atoms with Gasteiger partial charge in [0, 0.05) is 18.1 Å². The molecule has 2 aromatic carbocycles. The average Bonchev–Trinajstić information content (AvgIpc) is 3.07. The average molecular weight is 408 g/mol. The molecule has 0 radical (unpaired) electrons. The predicted molar refractivity (Wildman–Crippen MR) is 96.9 cm³/mol. The number of benzene rings is 2. The fourth-order valence-corrected chi connectivity index (χ4v) is 3.10. The zero-order chi connectivity index (χ0) is 20.5. The molecule has 1 aliphatic rings. The highest BCUT2D eigenvalue weighted by Crippen LogP contribution is 2.34. The molecule has 0 saturated carbocycles. The van der Waals surface area contributed by atoms with Crippen LogP contribution in [0.5, 0.6) is 5.75 Å². The van der Waals surface area contributed by atoms with Crippen molar-refractivity contribution in [2.45, 2.75) is 19.3 Å². The van der Waals surface area contributed by atoms with Gasteiger partial charge in [0.25, 0.3) is 6.43 Å². The molecule has 1 unspecified atom stereocenters. The van der Waals surface area contributed by atoms with Crippen LogP contribution in [-0.2, 0) is 0 Å². The molecule has 29 heavy (non-hydrogen) atoms. The maximum Gasteiger partial charge on any atom is 0.387 e. The first kappa shape index (κ1) is 18.9. The first-order chi connectivity index (χ1) is 13.9. The molecular formula is C19H13F5N4O. The number of halogens is 5. The molecule has 0 N–H and O–H groups in total. The van der Waals surface area contributed by atoms with Gasteiger partial charge in [-0.05, 0) is 48.5 Å². The molecule has 3 aromatic rings. The summed E-state index contributed by atoms with van der Waals surface area (Å²) in [6, 6.07) is 9.18. The Morgan fingerprint density at radius 3 is 2.45 bits per heavy atom. The molecule has 5 nitrogen and oxygen atoms in total. The summed E-state index contributed by atoms with van der Waals surface area (Å²) in [4.78, 5) is 9.71. The second-order valence-electron chi connectivity index (χ2n) is 6.04. The van der Waals surface area contributed by atoms with E-state index in [1.807, 2.05) is 0 Å². The number of allylic oxidation sites excluding steroid dienone is 1. The SMILES string of the molecule is Fc1ccc2nc(C(F)F)n(C3N=CC=CN3c3ccc(OC(F)F)cc3)c2c1. The summed E-state index contributed by atoms with van der Waals surface area (Å²) in [6.07, 6.45) is 0.659. The largest absolute Gasteiger partial charge is 0.435 e. The van der Waals surface area contributed by atoms with Gasteiger partial charge in [0.15, 0.2) is 5.82 Å². The van der Waals surface area contributed by atoms with Gasteiger partial charge in [-0.2, -0.15) is 8.78 Å². The van der Waals surface area contributed by atoms with Gasteiger partial charge < -0.3 is 9.64 Å². The van der Waals surface area contributed by atoms with Crippen molar-refractivity contribution in [3.05, 3.63) is 66.4 Å². The molecule has 0 bridgehead atoms. The van der Waals surface area contributed by atoms with E-state index in [0.717, 1.165) is 16.7 Å². The van der Waals surface area contributed by atoms with Gasteiger partial charge in [0.2, 0.25) is 6.29 Å². The number of alkyl halides is 4. The number of imidazole rings is 1. The van der Waals surface area contributed by atoms with Gasteiger partial charge in [-0.1, -0.05) is 0 Å². The Bertz CT molecular complexity index is 1080. The van der Waals surface area contributed by atoms with E-state index < -0.39 is 31.0 Å². The summed E-state index contributed by atoms with van der Waals surface area (Å²) in [5.74, 6) is -1.21. The van der Waals surface area contributed by atoms with Gasteiger partial charge in [0.1, 0.15) is 11.6 Å². The Morgan fingerprint density at radius 1 is 1.00 bits per heavy atom. The van der Waals surface area contributed by atoms with Crippen LogP contribution < -0.4 is 9.64 Å². The molecule has 1 aromatic heterocycles. The lowest BCUT2D eigenvalue weighted by Gasteiger charge is -2.31. The lowest BCUT2D eigenvalue weighted by Crippen LogP contribution is -2.30. The second-order valence-corrected chi connectivity index (χ2v) is 6.04. The Hall–Kier alpha value is -3.43. The molecule has 0 spiro atoms. The van der Waals surface area contributed by atoms with Crippen LogP contribution in [0.2, 0.25) is 0 Å². The minimum atomic E-state index is -2.96. The van der Waals surface area contributed by atoms with Gasteiger partial charge in [-0.3, -0.25) is 4.57 Å². The van der Waals surface area contributed by atoms with E-state index in [-0.39, 0.29) is 16.8 Å². The lowest BCUT2D eigenvalue weighted by molar-refractivity contribution is -0.0498.